The molecule has 118 valence electrons. The van der Waals surface area contributed by atoms with Crippen LogP contribution in [0.2, 0.25) is 0 Å². The van der Waals surface area contributed by atoms with Gasteiger partial charge in [-0.25, -0.2) is 0 Å². The standard InChI is InChI=1S/C17H29N3O/c1-14-11-16(21-17(14)12-18-2)13-19-7-9-20(10-8-19)15-5-3-4-6-15/h11,15,18H,3-10,12-13H2,1-2H3. The Hall–Kier alpha value is -0.840. The van der Waals surface area contributed by atoms with Crippen molar-refractivity contribution >= 4 is 0 Å². The summed E-state index contributed by atoms with van der Waals surface area (Å²) in [5.41, 5.74) is 1.27. The Morgan fingerprint density at radius 2 is 1.90 bits per heavy atom. The molecule has 4 nitrogen and oxygen atoms in total. The maximum absolute atomic E-state index is 5.97. The van der Waals surface area contributed by atoms with Gasteiger partial charge in [-0.15, -0.1) is 0 Å². The summed E-state index contributed by atoms with van der Waals surface area (Å²) in [6, 6.07) is 3.08. The van der Waals surface area contributed by atoms with Crippen LogP contribution in [-0.4, -0.2) is 49.1 Å². The molecule has 1 aromatic rings. The lowest BCUT2D eigenvalue weighted by atomic mass is 10.2. The van der Waals surface area contributed by atoms with E-state index in [1.54, 1.807) is 0 Å². The van der Waals surface area contributed by atoms with Gasteiger partial charge in [-0.2, -0.15) is 0 Å². The van der Waals surface area contributed by atoms with E-state index in [0.717, 1.165) is 30.7 Å². The molecule has 2 aliphatic rings. The predicted octanol–water partition coefficient (Wildman–Crippen LogP) is 2.37. The molecule has 0 unspecified atom stereocenters. The van der Waals surface area contributed by atoms with Crippen LogP contribution in [0, 0.1) is 6.92 Å². The highest BCUT2D eigenvalue weighted by molar-refractivity contribution is 5.20. The van der Waals surface area contributed by atoms with Gasteiger partial charge in [0.2, 0.25) is 0 Å². The van der Waals surface area contributed by atoms with Gasteiger partial charge in [0.1, 0.15) is 11.5 Å². The maximum Gasteiger partial charge on any atom is 0.120 e. The molecule has 2 heterocycles. The molecule has 2 fully saturated rings. The number of rotatable bonds is 5. The zero-order valence-electron chi connectivity index (χ0n) is 13.5. The second-order valence-electron chi connectivity index (χ2n) is 6.60. The lowest BCUT2D eigenvalue weighted by Crippen LogP contribution is -2.49. The molecule has 0 amide bonds. The van der Waals surface area contributed by atoms with Crippen molar-refractivity contribution in [3.05, 3.63) is 23.2 Å². The number of nitrogens with one attached hydrogen (secondary N) is 1. The molecule has 0 atom stereocenters. The van der Waals surface area contributed by atoms with Crippen LogP contribution in [0.15, 0.2) is 10.5 Å². The van der Waals surface area contributed by atoms with Crippen LogP contribution in [0.3, 0.4) is 0 Å². The van der Waals surface area contributed by atoms with E-state index in [4.69, 9.17) is 4.42 Å². The van der Waals surface area contributed by atoms with Gasteiger partial charge in [0.25, 0.3) is 0 Å². The number of nitrogens with zero attached hydrogens (tertiary/aromatic N) is 2. The highest BCUT2D eigenvalue weighted by Gasteiger charge is 2.26. The van der Waals surface area contributed by atoms with Gasteiger partial charge in [0, 0.05) is 32.2 Å². The van der Waals surface area contributed by atoms with Crippen LogP contribution in [0.1, 0.15) is 42.8 Å². The zero-order chi connectivity index (χ0) is 14.7. The first-order valence-electron chi connectivity index (χ1n) is 8.45. The second-order valence-corrected chi connectivity index (χ2v) is 6.60. The summed E-state index contributed by atoms with van der Waals surface area (Å²) < 4.78 is 5.97. The first kappa shape index (κ1) is 15.1. The van der Waals surface area contributed by atoms with Crippen molar-refractivity contribution in [2.45, 2.75) is 51.7 Å². The fourth-order valence-electron chi connectivity index (χ4n) is 3.78. The molecule has 1 aliphatic carbocycles. The SMILES string of the molecule is CNCc1oc(CN2CCN(C3CCCC3)CC2)cc1C. The molecule has 3 rings (SSSR count). The Labute approximate surface area is 128 Å². The summed E-state index contributed by atoms with van der Waals surface area (Å²) in [6.07, 6.45) is 5.71. The molecular formula is C17H29N3O. The fraction of sp³-hybridized carbons (Fsp3) is 0.765. The van der Waals surface area contributed by atoms with Crippen LogP contribution in [0.4, 0.5) is 0 Å². The summed E-state index contributed by atoms with van der Waals surface area (Å²) in [7, 11) is 1.96. The number of furan rings is 1. The lowest BCUT2D eigenvalue weighted by Gasteiger charge is -2.37. The van der Waals surface area contributed by atoms with Crippen LogP contribution in [0.25, 0.3) is 0 Å². The molecule has 0 aromatic carbocycles. The fourth-order valence-corrected chi connectivity index (χ4v) is 3.78. The van der Waals surface area contributed by atoms with E-state index in [1.165, 1.54) is 57.4 Å². The number of hydrogen-bond acceptors (Lipinski definition) is 4. The summed E-state index contributed by atoms with van der Waals surface area (Å²) >= 11 is 0. The second kappa shape index (κ2) is 6.95. The van der Waals surface area contributed by atoms with Crippen LogP contribution >= 0.6 is 0 Å². The molecule has 1 aliphatic heterocycles. The summed E-state index contributed by atoms with van der Waals surface area (Å²) in [5, 5.41) is 3.16. The van der Waals surface area contributed by atoms with Gasteiger partial charge in [0.05, 0.1) is 13.1 Å². The van der Waals surface area contributed by atoms with Gasteiger partial charge in [-0.05, 0) is 38.4 Å². The average molecular weight is 291 g/mol. The molecule has 0 spiro atoms. The van der Waals surface area contributed by atoms with E-state index in [0.29, 0.717) is 0 Å². The number of hydrogen-bond donors (Lipinski definition) is 1. The van der Waals surface area contributed by atoms with Gasteiger partial charge in [0.15, 0.2) is 0 Å². The minimum atomic E-state index is 0.821. The molecule has 0 radical (unpaired) electrons. The molecule has 21 heavy (non-hydrogen) atoms. The maximum atomic E-state index is 5.97. The van der Waals surface area contributed by atoms with Crippen molar-refractivity contribution in [2.24, 2.45) is 0 Å². The quantitative estimate of drug-likeness (QED) is 0.902. The third-order valence-electron chi connectivity index (χ3n) is 5.04. The van der Waals surface area contributed by atoms with Crippen molar-refractivity contribution in [2.75, 3.05) is 33.2 Å². The molecule has 1 saturated heterocycles. The minimum Gasteiger partial charge on any atom is -0.463 e. The summed E-state index contributed by atoms with van der Waals surface area (Å²) in [6.45, 7) is 8.73. The number of piperazine rings is 1. The monoisotopic (exact) mass is 291 g/mol. The zero-order valence-corrected chi connectivity index (χ0v) is 13.5. The van der Waals surface area contributed by atoms with Crippen LogP contribution in [-0.2, 0) is 13.1 Å². The first-order valence-corrected chi connectivity index (χ1v) is 8.45. The van der Waals surface area contributed by atoms with Crippen molar-refractivity contribution in [1.82, 2.24) is 15.1 Å². The van der Waals surface area contributed by atoms with E-state index in [-0.39, 0.29) is 0 Å². The predicted molar refractivity (Wildman–Crippen MR) is 85.3 cm³/mol. The molecule has 0 bridgehead atoms. The molecule has 1 N–H and O–H groups in total. The third-order valence-corrected chi connectivity index (χ3v) is 5.04. The summed E-state index contributed by atoms with van der Waals surface area (Å²) in [5.74, 6) is 2.20. The Morgan fingerprint density at radius 1 is 1.19 bits per heavy atom. The van der Waals surface area contributed by atoms with Crippen LogP contribution in [0.5, 0.6) is 0 Å². The summed E-state index contributed by atoms with van der Waals surface area (Å²) in [4.78, 5) is 5.25. The Balaban J connectivity index is 1.49. The highest BCUT2D eigenvalue weighted by Crippen LogP contribution is 2.25. The van der Waals surface area contributed by atoms with E-state index < -0.39 is 0 Å². The molecule has 1 aromatic heterocycles. The minimum absolute atomic E-state index is 0.821. The van der Waals surface area contributed by atoms with Gasteiger partial charge < -0.3 is 9.73 Å². The lowest BCUT2D eigenvalue weighted by molar-refractivity contribution is 0.0891. The van der Waals surface area contributed by atoms with Crippen molar-refractivity contribution < 1.29 is 4.42 Å². The molecule has 1 saturated carbocycles. The smallest absolute Gasteiger partial charge is 0.120 e. The normalized spacial score (nSPS) is 22.2. The van der Waals surface area contributed by atoms with Crippen LogP contribution < -0.4 is 5.32 Å². The van der Waals surface area contributed by atoms with E-state index >= 15 is 0 Å². The molecular weight excluding hydrogens is 262 g/mol. The van der Waals surface area contributed by atoms with Gasteiger partial charge >= 0.3 is 0 Å². The Bertz CT molecular complexity index is 443. The van der Waals surface area contributed by atoms with Crippen molar-refractivity contribution in [1.29, 1.82) is 0 Å². The van der Waals surface area contributed by atoms with E-state index in [9.17, 15) is 0 Å². The van der Waals surface area contributed by atoms with E-state index in [2.05, 4.69) is 28.1 Å². The molecule has 4 heteroatoms. The number of aryl methyl sites for hydroxylation is 1. The van der Waals surface area contributed by atoms with Crippen molar-refractivity contribution in [3.63, 3.8) is 0 Å². The van der Waals surface area contributed by atoms with Gasteiger partial charge in [-0.3, -0.25) is 9.80 Å². The first-order chi connectivity index (χ1) is 10.3. The average Bonchev–Trinajstić information content (AvgIpc) is 3.11. The van der Waals surface area contributed by atoms with Gasteiger partial charge in [-0.1, -0.05) is 12.8 Å². The topological polar surface area (TPSA) is 31.7 Å². The largest absolute Gasteiger partial charge is 0.463 e. The highest BCUT2D eigenvalue weighted by atomic mass is 16.3. The third kappa shape index (κ3) is 3.68. The Morgan fingerprint density at radius 3 is 2.57 bits per heavy atom. The Kier molecular flexibility index (Phi) is 4.99. The van der Waals surface area contributed by atoms with Crippen molar-refractivity contribution in [3.8, 4) is 0 Å². The van der Waals surface area contributed by atoms with E-state index in [1.807, 2.05) is 7.05 Å².